The molecule has 0 radical (unpaired) electrons. The highest BCUT2D eigenvalue weighted by atomic mass is 16.5. The molecule has 28 heavy (non-hydrogen) atoms. The van der Waals surface area contributed by atoms with Crippen molar-refractivity contribution in [2.24, 2.45) is 0 Å². The molecule has 0 unspecified atom stereocenters. The predicted molar refractivity (Wildman–Crippen MR) is 103 cm³/mol. The maximum absolute atomic E-state index is 12.4. The molecule has 2 rings (SSSR count). The summed E-state index contributed by atoms with van der Waals surface area (Å²) in [5.41, 5.74) is 6.15. The van der Waals surface area contributed by atoms with E-state index in [1.807, 2.05) is 6.92 Å². The van der Waals surface area contributed by atoms with Gasteiger partial charge in [-0.1, -0.05) is 0 Å². The zero-order chi connectivity index (χ0) is 20.5. The summed E-state index contributed by atoms with van der Waals surface area (Å²) in [4.78, 5) is 24.7. The van der Waals surface area contributed by atoms with Crippen LogP contribution in [0, 0.1) is 0 Å². The van der Waals surface area contributed by atoms with Crippen molar-refractivity contribution in [2.75, 3.05) is 27.9 Å². The van der Waals surface area contributed by atoms with E-state index in [0.717, 1.165) is 5.56 Å². The van der Waals surface area contributed by atoms with Crippen LogP contribution in [0.1, 0.15) is 33.2 Å². The summed E-state index contributed by atoms with van der Waals surface area (Å²) in [5.74, 6) is 0.577. The lowest BCUT2D eigenvalue weighted by molar-refractivity contribution is 0.0846. The number of carbonyl (C=O) groups is 2. The SMILES string of the molecule is CCOCc1cc(C(=O)NNC(=O)c2cc(OC)cc(OC)c2)ccc1OC. The number of carbonyl (C=O) groups excluding carboxylic acids is 2. The quantitative estimate of drug-likeness (QED) is 0.674. The minimum atomic E-state index is -0.506. The zero-order valence-corrected chi connectivity index (χ0v) is 16.3. The molecule has 0 saturated heterocycles. The van der Waals surface area contributed by atoms with Crippen molar-refractivity contribution < 1.29 is 28.5 Å². The Hall–Kier alpha value is -3.26. The number of benzene rings is 2. The van der Waals surface area contributed by atoms with Crippen molar-refractivity contribution in [1.82, 2.24) is 10.9 Å². The van der Waals surface area contributed by atoms with Crippen LogP contribution in [0.5, 0.6) is 17.2 Å². The maximum Gasteiger partial charge on any atom is 0.269 e. The number of rotatable bonds is 8. The molecule has 0 fully saturated rings. The van der Waals surface area contributed by atoms with E-state index in [9.17, 15) is 9.59 Å². The molecule has 2 N–H and O–H groups in total. The molecule has 0 spiro atoms. The van der Waals surface area contributed by atoms with Crippen LogP contribution in [-0.2, 0) is 11.3 Å². The monoisotopic (exact) mass is 388 g/mol. The predicted octanol–water partition coefficient (Wildman–Crippen LogP) is 2.32. The topological polar surface area (TPSA) is 95.1 Å². The third-order valence-electron chi connectivity index (χ3n) is 3.91. The van der Waals surface area contributed by atoms with Crippen LogP contribution in [0.15, 0.2) is 36.4 Å². The second-order valence-electron chi connectivity index (χ2n) is 5.67. The number of ether oxygens (including phenoxy) is 4. The minimum Gasteiger partial charge on any atom is -0.497 e. The second kappa shape index (κ2) is 10.2. The first-order valence-corrected chi connectivity index (χ1v) is 8.60. The van der Waals surface area contributed by atoms with Gasteiger partial charge >= 0.3 is 0 Å². The lowest BCUT2D eigenvalue weighted by Gasteiger charge is -2.12. The molecule has 0 aliphatic rings. The molecule has 0 saturated carbocycles. The van der Waals surface area contributed by atoms with Crippen LogP contribution in [0.25, 0.3) is 0 Å². The van der Waals surface area contributed by atoms with E-state index in [1.54, 1.807) is 31.4 Å². The molecule has 0 heterocycles. The largest absolute Gasteiger partial charge is 0.497 e. The van der Waals surface area contributed by atoms with Crippen molar-refractivity contribution in [3.8, 4) is 17.2 Å². The van der Waals surface area contributed by atoms with Gasteiger partial charge in [-0.3, -0.25) is 20.4 Å². The van der Waals surface area contributed by atoms with E-state index in [2.05, 4.69) is 10.9 Å². The van der Waals surface area contributed by atoms with Gasteiger partial charge in [-0.2, -0.15) is 0 Å². The minimum absolute atomic E-state index is 0.281. The molecular formula is C20H24N2O6. The Morgan fingerprint density at radius 1 is 0.821 bits per heavy atom. The van der Waals surface area contributed by atoms with E-state index in [4.69, 9.17) is 18.9 Å². The number of nitrogens with one attached hydrogen (secondary N) is 2. The van der Waals surface area contributed by atoms with E-state index in [0.29, 0.717) is 36.0 Å². The zero-order valence-electron chi connectivity index (χ0n) is 16.3. The average Bonchev–Trinajstić information content (AvgIpc) is 2.74. The lowest BCUT2D eigenvalue weighted by atomic mass is 10.1. The smallest absolute Gasteiger partial charge is 0.269 e. The first-order valence-electron chi connectivity index (χ1n) is 8.60. The van der Waals surface area contributed by atoms with Gasteiger partial charge in [-0.05, 0) is 37.3 Å². The summed E-state index contributed by atoms with van der Waals surface area (Å²) in [5, 5.41) is 0. The molecule has 8 heteroatoms. The Morgan fingerprint density at radius 2 is 1.43 bits per heavy atom. The molecule has 8 nitrogen and oxygen atoms in total. The van der Waals surface area contributed by atoms with E-state index in [1.165, 1.54) is 26.4 Å². The molecule has 0 aliphatic carbocycles. The van der Waals surface area contributed by atoms with Crippen LogP contribution in [0.2, 0.25) is 0 Å². The molecule has 0 aromatic heterocycles. The number of amides is 2. The molecule has 0 atom stereocenters. The van der Waals surface area contributed by atoms with Gasteiger partial charge < -0.3 is 18.9 Å². The van der Waals surface area contributed by atoms with Crippen LogP contribution in [-0.4, -0.2) is 39.8 Å². The van der Waals surface area contributed by atoms with Gasteiger partial charge in [0.15, 0.2) is 0 Å². The molecule has 0 bridgehead atoms. The standard InChI is InChI=1S/C20H24N2O6/c1-5-28-12-15-8-13(6-7-18(15)27-4)19(23)21-22-20(24)14-9-16(25-2)11-17(10-14)26-3/h6-11H,5,12H2,1-4H3,(H,21,23)(H,22,24). The van der Waals surface area contributed by atoms with E-state index in [-0.39, 0.29) is 5.56 Å². The fourth-order valence-electron chi connectivity index (χ4n) is 2.44. The van der Waals surface area contributed by atoms with Crippen molar-refractivity contribution in [1.29, 1.82) is 0 Å². The number of hydrogen-bond acceptors (Lipinski definition) is 6. The van der Waals surface area contributed by atoms with E-state index >= 15 is 0 Å². The molecule has 2 amide bonds. The molecule has 2 aromatic carbocycles. The Balaban J connectivity index is 2.08. The summed E-state index contributed by atoms with van der Waals surface area (Å²) in [6, 6.07) is 9.66. The summed E-state index contributed by atoms with van der Waals surface area (Å²) in [6.07, 6.45) is 0. The van der Waals surface area contributed by atoms with Gasteiger partial charge in [0, 0.05) is 29.4 Å². The van der Waals surface area contributed by atoms with Crippen LogP contribution in [0.4, 0.5) is 0 Å². The molecule has 150 valence electrons. The Bertz CT molecular complexity index is 815. The normalized spacial score (nSPS) is 10.1. The first kappa shape index (κ1) is 21.0. The van der Waals surface area contributed by atoms with Crippen LogP contribution in [0.3, 0.4) is 0 Å². The van der Waals surface area contributed by atoms with Crippen molar-refractivity contribution >= 4 is 11.8 Å². The average molecular weight is 388 g/mol. The van der Waals surface area contributed by atoms with Gasteiger partial charge in [-0.25, -0.2) is 0 Å². The fourth-order valence-corrected chi connectivity index (χ4v) is 2.44. The van der Waals surface area contributed by atoms with Crippen LogP contribution < -0.4 is 25.1 Å². The molecule has 2 aromatic rings. The van der Waals surface area contributed by atoms with Gasteiger partial charge in [0.1, 0.15) is 17.2 Å². The number of methoxy groups -OCH3 is 3. The third-order valence-corrected chi connectivity index (χ3v) is 3.91. The van der Waals surface area contributed by atoms with Gasteiger partial charge in [0.05, 0.1) is 27.9 Å². The summed E-state index contributed by atoms with van der Waals surface area (Å²) in [6.45, 7) is 2.74. The summed E-state index contributed by atoms with van der Waals surface area (Å²) in [7, 11) is 4.52. The Morgan fingerprint density at radius 3 is 1.96 bits per heavy atom. The van der Waals surface area contributed by atoms with Crippen LogP contribution >= 0.6 is 0 Å². The fraction of sp³-hybridized carbons (Fsp3) is 0.300. The Kier molecular flexibility index (Phi) is 7.65. The first-order chi connectivity index (χ1) is 13.5. The second-order valence-corrected chi connectivity index (χ2v) is 5.67. The maximum atomic E-state index is 12.4. The highest BCUT2D eigenvalue weighted by Gasteiger charge is 2.14. The molecule has 0 aliphatic heterocycles. The number of hydrogen-bond donors (Lipinski definition) is 2. The van der Waals surface area contributed by atoms with Gasteiger partial charge in [0.25, 0.3) is 11.8 Å². The lowest BCUT2D eigenvalue weighted by Crippen LogP contribution is -2.41. The summed E-state index contributed by atoms with van der Waals surface area (Å²) >= 11 is 0. The highest BCUT2D eigenvalue weighted by molar-refractivity contribution is 5.99. The highest BCUT2D eigenvalue weighted by Crippen LogP contribution is 2.23. The van der Waals surface area contributed by atoms with E-state index < -0.39 is 11.8 Å². The van der Waals surface area contributed by atoms with Gasteiger partial charge in [-0.15, -0.1) is 0 Å². The Labute approximate surface area is 163 Å². The van der Waals surface area contributed by atoms with Crippen molar-refractivity contribution in [3.05, 3.63) is 53.1 Å². The summed E-state index contributed by atoms with van der Waals surface area (Å²) < 4.78 is 20.9. The number of hydrazine groups is 1. The van der Waals surface area contributed by atoms with Crippen molar-refractivity contribution in [3.63, 3.8) is 0 Å². The van der Waals surface area contributed by atoms with Crippen molar-refractivity contribution in [2.45, 2.75) is 13.5 Å². The third kappa shape index (κ3) is 5.37. The van der Waals surface area contributed by atoms with Gasteiger partial charge in [0.2, 0.25) is 0 Å². The molecular weight excluding hydrogens is 364 g/mol.